The molecule has 1 amide bonds. The van der Waals surface area contributed by atoms with Crippen LogP contribution in [0.25, 0.3) is 11.0 Å². The molecule has 0 unspecified atom stereocenters. The highest BCUT2D eigenvalue weighted by atomic mass is 16.2. The number of para-hydroxylation sites is 2. The molecule has 2 rings (SSSR count). The first kappa shape index (κ1) is 20.7. The average Bonchev–Trinajstić information content (AvgIpc) is 2.96. The second-order valence-electron chi connectivity index (χ2n) is 7.25. The van der Waals surface area contributed by atoms with Crippen LogP contribution in [0, 0.1) is 12.3 Å². The van der Waals surface area contributed by atoms with Crippen LogP contribution in [0.15, 0.2) is 29.3 Å². The van der Waals surface area contributed by atoms with Gasteiger partial charge in [0.15, 0.2) is 5.96 Å². The van der Waals surface area contributed by atoms with Crippen molar-refractivity contribution < 1.29 is 4.79 Å². The summed E-state index contributed by atoms with van der Waals surface area (Å²) in [6, 6.07) is 8.20. The summed E-state index contributed by atoms with van der Waals surface area (Å²) in [4.78, 5) is 20.9. The van der Waals surface area contributed by atoms with Crippen molar-refractivity contribution in [3.63, 3.8) is 0 Å². The van der Waals surface area contributed by atoms with Crippen LogP contribution in [-0.4, -0.2) is 48.1 Å². The first-order valence-electron chi connectivity index (χ1n) is 9.53. The molecule has 0 bridgehead atoms. The molecule has 7 heteroatoms. The number of carbonyl (C=O) groups is 1. The standard InChI is InChI=1S/C20H32N6O/c1-6-22-18(27)20(3,4)14-24-19(21-5)23-12-9-13-26-15(2)25-16-10-7-8-11-17(16)26/h7-8,10-11H,6,9,12-14H2,1-5H3,(H,22,27)(H2,21,23,24). The van der Waals surface area contributed by atoms with Crippen molar-refractivity contribution >= 4 is 22.9 Å². The zero-order chi connectivity index (χ0) is 19.9. The van der Waals surface area contributed by atoms with Gasteiger partial charge in [-0.25, -0.2) is 4.98 Å². The van der Waals surface area contributed by atoms with Crippen molar-refractivity contribution in [2.24, 2.45) is 10.4 Å². The average molecular weight is 373 g/mol. The second kappa shape index (κ2) is 9.39. The summed E-state index contributed by atoms with van der Waals surface area (Å²) < 4.78 is 2.24. The number of carbonyl (C=O) groups excluding carboxylic acids is 1. The Bertz CT molecular complexity index is 793. The fraction of sp³-hybridized carbons (Fsp3) is 0.550. The van der Waals surface area contributed by atoms with E-state index in [1.54, 1.807) is 7.05 Å². The van der Waals surface area contributed by atoms with Crippen molar-refractivity contribution in [3.05, 3.63) is 30.1 Å². The topological polar surface area (TPSA) is 83.3 Å². The van der Waals surface area contributed by atoms with Crippen LogP contribution in [-0.2, 0) is 11.3 Å². The number of benzene rings is 1. The highest BCUT2D eigenvalue weighted by Crippen LogP contribution is 2.15. The Hall–Kier alpha value is -2.57. The number of rotatable bonds is 8. The number of fused-ring (bicyclic) bond motifs is 1. The van der Waals surface area contributed by atoms with Gasteiger partial charge < -0.3 is 20.5 Å². The van der Waals surface area contributed by atoms with Crippen LogP contribution in [0.4, 0.5) is 0 Å². The van der Waals surface area contributed by atoms with E-state index in [0.29, 0.717) is 19.0 Å². The van der Waals surface area contributed by atoms with Gasteiger partial charge in [0.05, 0.1) is 16.4 Å². The maximum Gasteiger partial charge on any atom is 0.227 e. The molecule has 0 atom stereocenters. The lowest BCUT2D eigenvalue weighted by atomic mass is 9.92. The maximum absolute atomic E-state index is 12.1. The molecule has 0 fully saturated rings. The van der Waals surface area contributed by atoms with Gasteiger partial charge in [0.2, 0.25) is 5.91 Å². The van der Waals surface area contributed by atoms with Gasteiger partial charge >= 0.3 is 0 Å². The zero-order valence-corrected chi connectivity index (χ0v) is 17.1. The maximum atomic E-state index is 12.1. The predicted octanol–water partition coefficient (Wildman–Crippen LogP) is 2.06. The van der Waals surface area contributed by atoms with Crippen LogP contribution in [0.3, 0.4) is 0 Å². The molecule has 0 aliphatic heterocycles. The zero-order valence-electron chi connectivity index (χ0n) is 17.1. The first-order valence-corrected chi connectivity index (χ1v) is 9.53. The Morgan fingerprint density at radius 3 is 2.67 bits per heavy atom. The molecule has 7 nitrogen and oxygen atoms in total. The van der Waals surface area contributed by atoms with Crippen molar-refractivity contribution in [2.75, 3.05) is 26.7 Å². The number of guanidine groups is 1. The quantitative estimate of drug-likeness (QED) is 0.376. The fourth-order valence-corrected chi connectivity index (χ4v) is 2.93. The number of hydrogen-bond acceptors (Lipinski definition) is 3. The SMILES string of the molecule is CCNC(=O)C(C)(C)CNC(=NC)NCCCn1c(C)nc2ccccc21. The van der Waals surface area contributed by atoms with E-state index in [0.717, 1.165) is 30.9 Å². The minimum absolute atomic E-state index is 0.0374. The Morgan fingerprint density at radius 1 is 1.22 bits per heavy atom. The number of amides is 1. The molecule has 0 aliphatic carbocycles. The Kier molecular flexibility index (Phi) is 7.21. The number of aromatic nitrogens is 2. The molecule has 0 spiro atoms. The minimum atomic E-state index is -0.500. The molecular formula is C20H32N6O. The summed E-state index contributed by atoms with van der Waals surface area (Å²) in [5.74, 6) is 1.78. The molecule has 1 aromatic carbocycles. The predicted molar refractivity (Wildman–Crippen MR) is 111 cm³/mol. The smallest absolute Gasteiger partial charge is 0.227 e. The van der Waals surface area contributed by atoms with E-state index in [1.165, 1.54) is 5.52 Å². The van der Waals surface area contributed by atoms with E-state index in [-0.39, 0.29) is 5.91 Å². The first-order chi connectivity index (χ1) is 12.9. The number of aryl methyl sites for hydroxylation is 2. The van der Waals surface area contributed by atoms with Crippen LogP contribution in [0.2, 0.25) is 0 Å². The van der Waals surface area contributed by atoms with E-state index in [2.05, 4.69) is 36.6 Å². The van der Waals surface area contributed by atoms with Crippen molar-refractivity contribution in [2.45, 2.75) is 40.7 Å². The van der Waals surface area contributed by atoms with Gasteiger partial charge in [-0.3, -0.25) is 9.79 Å². The lowest BCUT2D eigenvalue weighted by molar-refractivity contribution is -0.128. The highest BCUT2D eigenvalue weighted by Gasteiger charge is 2.27. The number of nitrogens with zero attached hydrogens (tertiary/aromatic N) is 3. The van der Waals surface area contributed by atoms with E-state index in [4.69, 9.17) is 0 Å². The van der Waals surface area contributed by atoms with Gasteiger partial charge in [-0.2, -0.15) is 0 Å². The third kappa shape index (κ3) is 5.45. The normalized spacial score (nSPS) is 12.3. The molecule has 0 radical (unpaired) electrons. The van der Waals surface area contributed by atoms with Gasteiger partial charge in [0.1, 0.15) is 5.82 Å². The molecule has 0 saturated carbocycles. The Labute approximate surface area is 161 Å². The summed E-state index contributed by atoms with van der Waals surface area (Å²) in [5.41, 5.74) is 1.70. The van der Waals surface area contributed by atoms with Gasteiger partial charge in [0, 0.05) is 33.2 Å². The summed E-state index contributed by atoms with van der Waals surface area (Å²) in [6.07, 6.45) is 0.946. The summed E-state index contributed by atoms with van der Waals surface area (Å²) >= 11 is 0. The van der Waals surface area contributed by atoms with Crippen LogP contribution in [0.1, 0.15) is 33.0 Å². The molecule has 0 saturated heterocycles. The van der Waals surface area contributed by atoms with Crippen LogP contribution >= 0.6 is 0 Å². The van der Waals surface area contributed by atoms with Gasteiger partial charge in [-0.1, -0.05) is 12.1 Å². The summed E-state index contributed by atoms with van der Waals surface area (Å²) in [5, 5.41) is 9.43. The van der Waals surface area contributed by atoms with Gasteiger partial charge in [-0.05, 0) is 46.2 Å². The van der Waals surface area contributed by atoms with Gasteiger partial charge in [0.25, 0.3) is 0 Å². The Balaban J connectivity index is 1.81. The van der Waals surface area contributed by atoms with Crippen LogP contribution in [0.5, 0.6) is 0 Å². The van der Waals surface area contributed by atoms with Gasteiger partial charge in [-0.15, -0.1) is 0 Å². The van der Waals surface area contributed by atoms with Crippen molar-refractivity contribution in [1.82, 2.24) is 25.5 Å². The van der Waals surface area contributed by atoms with Crippen molar-refractivity contribution in [1.29, 1.82) is 0 Å². The molecular weight excluding hydrogens is 340 g/mol. The second-order valence-corrected chi connectivity index (χ2v) is 7.25. The lowest BCUT2D eigenvalue weighted by Crippen LogP contribution is -2.48. The minimum Gasteiger partial charge on any atom is -0.356 e. The van der Waals surface area contributed by atoms with Crippen LogP contribution < -0.4 is 16.0 Å². The molecule has 1 aromatic heterocycles. The third-order valence-corrected chi connectivity index (χ3v) is 4.57. The van der Waals surface area contributed by atoms with Crippen molar-refractivity contribution in [3.8, 4) is 0 Å². The largest absolute Gasteiger partial charge is 0.356 e. The summed E-state index contributed by atoms with van der Waals surface area (Å²) in [6.45, 7) is 10.6. The number of hydrogen-bond donors (Lipinski definition) is 3. The molecule has 2 aromatic rings. The highest BCUT2D eigenvalue weighted by molar-refractivity contribution is 5.84. The molecule has 27 heavy (non-hydrogen) atoms. The van der Waals surface area contributed by atoms with E-state index in [9.17, 15) is 4.79 Å². The fourth-order valence-electron chi connectivity index (χ4n) is 2.93. The van der Waals surface area contributed by atoms with E-state index < -0.39 is 5.41 Å². The number of aliphatic imine (C=N–C) groups is 1. The number of nitrogens with one attached hydrogen (secondary N) is 3. The molecule has 0 aliphatic rings. The monoisotopic (exact) mass is 372 g/mol. The Morgan fingerprint density at radius 2 is 1.96 bits per heavy atom. The molecule has 3 N–H and O–H groups in total. The number of imidazole rings is 1. The van der Waals surface area contributed by atoms with E-state index >= 15 is 0 Å². The third-order valence-electron chi connectivity index (χ3n) is 4.57. The molecule has 1 heterocycles. The molecule has 148 valence electrons. The summed E-state index contributed by atoms with van der Waals surface area (Å²) in [7, 11) is 1.74. The van der Waals surface area contributed by atoms with E-state index in [1.807, 2.05) is 45.9 Å². The lowest BCUT2D eigenvalue weighted by Gasteiger charge is -2.24.